The molecule has 66 valence electrons. The number of aromatic nitrogens is 2. The summed E-state index contributed by atoms with van der Waals surface area (Å²) in [6.07, 6.45) is 8.44. The minimum atomic E-state index is 0.721. The molecule has 1 atom stereocenters. The summed E-state index contributed by atoms with van der Waals surface area (Å²) in [4.78, 5) is 6.46. The topological polar surface area (TPSA) is 21.1 Å². The first kappa shape index (κ1) is 7.80. The Bertz CT molecular complexity index is 230. The van der Waals surface area contributed by atoms with Crippen molar-refractivity contribution in [1.29, 1.82) is 0 Å². The van der Waals surface area contributed by atoms with E-state index in [4.69, 9.17) is 0 Å². The monoisotopic (exact) mass is 165 g/mol. The lowest BCUT2D eigenvalue weighted by molar-refractivity contribution is 0.282. The summed E-state index contributed by atoms with van der Waals surface area (Å²) in [5.41, 5.74) is 0. The quantitative estimate of drug-likeness (QED) is 0.651. The van der Waals surface area contributed by atoms with Crippen LogP contribution in [0, 0.1) is 0 Å². The molecule has 2 rings (SSSR count). The van der Waals surface area contributed by atoms with E-state index in [0.29, 0.717) is 0 Å². The van der Waals surface area contributed by atoms with E-state index in [1.165, 1.54) is 19.4 Å². The number of hydrogen-bond donors (Lipinski definition) is 0. The van der Waals surface area contributed by atoms with Crippen LogP contribution in [0.5, 0.6) is 0 Å². The van der Waals surface area contributed by atoms with E-state index in [1.807, 2.05) is 18.7 Å². The van der Waals surface area contributed by atoms with Gasteiger partial charge in [0.2, 0.25) is 0 Å². The molecule has 0 N–H and O–H groups in total. The first-order valence-electron chi connectivity index (χ1n) is 4.52. The van der Waals surface area contributed by atoms with Crippen LogP contribution in [0.4, 0.5) is 0 Å². The van der Waals surface area contributed by atoms with Crippen LogP contribution in [-0.4, -0.2) is 34.1 Å². The van der Waals surface area contributed by atoms with Gasteiger partial charge in [-0.1, -0.05) is 0 Å². The Morgan fingerprint density at radius 1 is 1.58 bits per heavy atom. The lowest BCUT2D eigenvalue weighted by atomic mass is 10.2. The van der Waals surface area contributed by atoms with Crippen molar-refractivity contribution in [2.24, 2.45) is 0 Å². The van der Waals surface area contributed by atoms with Gasteiger partial charge in [0.1, 0.15) is 0 Å². The van der Waals surface area contributed by atoms with Gasteiger partial charge in [-0.25, -0.2) is 4.98 Å². The van der Waals surface area contributed by atoms with Gasteiger partial charge in [0.05, 0.1) is 6.33 Å². The summed E-state index contributed by atoms with van der Waals surface area (Å²) in [6.45, 7) is 2.34. The zero-order chi connectivity index (χ0) is 8.39. The average Bonchev–Trinajstić information content (AvgIpc) is 2.65. The highest BCUT2D eigenvalue weighted by molar-refractivity contribution is 4.81. The van der Waals surface area contributed by atoms with Crippen molar-refractivity contribution in [3.8, 4) is 0 Å². The van der Waals surface area contributed by atoms with Crippen molar-refractivity contribution in [2.75, 3.05) is 13.6 Å². The van der Waals surface area contributed by atoms with E-state index in [9.17, 15) is 0 Å². The van der Waals surface area contributed by atoms with Crippen LogP contribution < -0.4 is 0 Å². The molecule has 3 nitrogen and oxygen atoms in total. The van der Waals surface area contributed by atoms with Gasteiger partial charge in [-0.2, -0.15) is 0 Å². The van der Waals surface area contributed by atoms with E-state index in [-0.39, 0.29) is 0 Å². The summed E-state index contributed by atoms with van der Waals surface area (Å²) in [6, 6.07) is 0.721. The Hall–Kier alpha value is -0.830. The molecule has 3 heteroatoms. The normalized spacial score (nSPS) is 24.9. The van der Waals surface area contributed by atoms with Gasteiger partial charge in [-0.15, -0.1) is 0 Å². The fraction of sp³-hybridized carbons (Fsp3) is 0.667. The SMILES string of the molecule is CN1CCC[C@@H]1Cn1ccnc1. The third kappa shape index (κ3) is 1.50. The maximum absolute atomic E-state index is 4.03. The fourth-order valence-corrected chi connectivity index (χ4v) is 1.85. The van der Waals surface area contributed by atoms with Gasteiger partial charge in [0, 0.05) is 25.0 Å². The maximum atomic E-state index is 4.03. The van der Waals surface area contributed by atoms with Crippen molar-refractivity contribution < 1.29 is 0 Å². The van der Waals surface area contributed by atoms with Crippen LogP contribution in [0.1, 0.15) is 12.8 Å². The highest BCUT2D eigenvalue weighted by Gasteiger charge is 2.20. The molecular formula is C9H15N3. The van der Waals surface area contributed by atoms with Gasteiger partial charge in [-0.3, -0.25) is 0 Å². The van der Waals surface area contributed by atoms with Gasteiger partial charge in [0.15, 0.2) is 0 Å². The largest absolute Gasteiger partial charge is 0.336 e. The molecule has 1 saturated heterocycles. The summed E-state index contributed by atoms with van der Waals surface area (Å²) >= 11 is 0. The molecule has 1 aliphatic heterocycles. The molecule has 0 radical (unpaired) electrons. The van der Waals surface area contributed by atoms with E-state index >= 15 is 0 Å². The first-order valence-corrected chi connectivity index (χ1v) is 4.52. The van der Waals surface area contributed by atoms with Gasteiger partial charge < -0.3 is 9.47 Å². The predicted molar refractivity (Wildman–Crippen MR) is 47.9 cm³/mol. The van der Waals surface area contributed by atoms with Crippen LogP contribution in [0.25, 0.3) is 0 Å². The number of likely N-dealkylation sites (N-methyl/N-ethyl adjacent to an activating group) is 1. The number of hydrogen-bond acceptors (Lipinski definition) is 2. The van der Waals surface area contributed by atoms with Crippen LogP contribution in [0.3, 0.4) is 0 Å². The van der Waals surface area contributed by atoms with Gasteiger partial charge >= 0.3 is 0 Å². The molecule has 0 aliphatic carbocycles. The zero-order valence-corrected chi connectivity index (χ0v) is 7.48. The molecule has 0 bridgehead atoms. The second-order valence-corrected chi connectivity index (χ2v) is 3.54. The molecule has 0 amide bonds. The highest BCUT2D eigenvalue weighted by atomic mass is 15.2. The smallest absolute Gasteiger partial charge is 0.0946 e. The molecule has 0 unspecified atom stereocenters. The molecular weight excluding hydrogens is 150 g/mol. The zero-order valence-electron chi connectivity index (χ0n) is 7.48. The van der Waals surface area contributed by atoms with Crippen LogP contribution in [0.2, 0.25) is 0 Å². The minimum Gasteiger partial charge on any atom is -0.336 e. The standard InChI is InChI=1S/C9H15N3/c1-11-5-2-3-9(11)7-12-6-4-10-8-12/h4,6,8-9H,2-3,5,7H2,1H3/t9-/m1/s1. The Morgan fingerprint density at radius 3 is 3.08 bits per heavy atom. The average molecular weight is 165 g/mol. The Labute approximate surface area is 73.0 Å². The van der Waals surface area contributed by atoms with Crippen molar-refractivity contribution >= 4 is 0 Å². The molecule has 12 heavy (non-hydrogen) atoms. The van der Waals surface area contributed by atoms with Crippen LogP contribution in [-0.2, 0) is 6.54 Å². The van der Waals surface area contributed by atoms with Crippen molar-refractivity contribution in [2.45, 2.75) is 25.4 Å². The second kappa shape index (κ2) is 3.27. The van der Waals surface area contributed by atoms with Crippen LogP contribution >= 0.6 is 0 Å². The van der Waals surface area contributed by atoms with Crippen molar-refractivity contribution in [1.82, 2.24) is 14.5 Å². The second-order valence-electron chi connectivity index (χ2n) is 3.54. The predicted octanol–water partition coefficient (Wildman–Crippen LogP) is 0.977. The Balaban J connectivity index is 1.95. The molecule has 1 fully saturated rings. The number of likely N-dealkylation sites (tertiary alicyclic amines) is 1. The Kier molecular flexibility index (Phi) is 2.13. The summed E-state index contributed by atoms with van der Waals surface area (Å²) < 4.78 is 2.16. The molecule has 1 aliphatic rings. The van der Waals surface area contributed by atoms with Crippen molar-refractivity contribution in [3.63, 3.8) is 0 Å². The molecule has 2 heterocycles. The van der Waals surface area contributed by atoms with E-state index < -0.39 is 0 Å². The number of imidazole rings is 1. The summed E-state index contributed by atoms with van der Waals surface area (Å²) in [5.74, 6) is 0. The molecule has 0 aromatic carbocycles. The molecule has 1 aromatic heterocycles. The molecule has 1 aromatic rings. The van der Waals surface area contributed by atoms with E-state index in [2.05, 4.69) is 21.5 Å². The number of nitrogens with zero attached hydrogens (tertiary/aromatic N) is 3. The van der Waals surface area contributed by atoms with Gasteiger partial charge in [-0.05, 0) is 26.4 Å². The van der Waals surface area contributed by atoms with Crippen LogP contribution in [0.15, 0.2) is 18.7 Å². The number of rotatable bonds is 2. The van der Waals surface area contributed by atoms with Crippen molar-refractivity contribution in [3.05, 3.63) is 18.7 Å². The third-order valence-corrected chi connectivity index (χ3v) is 2.65. The lowest BCUT2D eigenvalue weighted by Crippen LogP contribution is -2.28. The Morgan fingerprint density at radius 2 is 2.50 bits per heavy atom. The summed E-state index contributed by atoms with van der Waals surface area (Å²) in [5, 5.41) is 0. The maximum Gasteiger partial charge on any atom is 0.0946 e. The van der Waals surface area contributed by atoms with E-state index in [1.54, 1.807) is 0 Å². The fourth-order valence-electron chi connectivity index (χ4n) is 1.85. The summed E-state index contributed by atoms with van der Waals surface area (Å²) in [7, 11) is 2.20. The lowest BCUT2D eigenvalue weighted by Gasteiger charge is -2.19. The minimum absolute atomic E-state index is 0.721. The highest BCUT2D eigenvalue weighted by Crippen LogP contribution is 2.15. The molecule has 0 spiro atoms. The van der Waals surface area contributed by atoms with Gasteiger partial charge in [0.25, 0.3) is 0 Å². The molecule has 0 saturated carbocycles. The third-order valence-electron chi connectivity index (χ3n) is 2.65. The van der Waals surface area contributed by atoms with E-state index in [0.717, 1.165) is 12.6 Å². The first-order chi connectivity index (χ1) is 5.86.